The molecule has 4 heterocycles. The summed E-state index contributed by atoms with van der Waals surface area (Å²) in [6.07, 6.45) is 8.67. The molecule has 1 amide bonds. The molecule has 1 aromatic carbocycles. The van der Waals surface area contributed by atoms with Gasteiger partial charge in [-0.15, -0.1) is 0 Å². The van der Waals surface area contributed by atoms with Crippen molar-refractivity contribution in [2.24, 2.45) is 5.92 Å². The summed E-state index contributed by atoms with van der Waals surface area (Å²) in [6.45, 7) is 6.17. The SMILES string of the molecule is O=C(C1CCN(c2cc(-n3ccnc3)ncn2)CC1)N1CCN(Cc2ccccc2)CC1. The van der Waals surface area contributed by atoms with Crippen molar-refractivity contribution in [2.45, 2.75) is 19.4 Å². The van der Waals surface area contributed by atoms with E-state index in [1.54, 1.807) is 18.9 Å². The quantitative estimate of drug-likeness (QED) is 0.617. The minimum Gasteiger partial charge on any atom is -0.356 e. The average Bonchev–Trinajstić information content (AvgIpc) is 3.40. The third-order valence-electron chi connectivity index (χ3n) is 6.51. The molecular formula is C24H29N7O. The monoisotopic (exact) mass is 431 g/mol. The molecule has 8 nitrogen and oxygen atoms in total. The van der Waals surface area contributed by atoms with Crippen molar-refractivity contribution in [2.75, 3.05) is 44.2 Å². The van der Waals surface area contributed by atoms with Crippen molar-refractivity contribution >= 4 is 11.7 Å². The van der Waals surface area contributed by atoms with Crippen LogP contribution in [0.15, 0.2) is 61.4 Å². The van der Waals surface area contributed by atoms with Crippen molar-refractivity contribution in [1.82, 2.24) is 29.3 Å². The summed E-state index contributed by atoms with van der Waals surface area (Å²) < 4.78 is 1.87. The molecule has 0 atom stereocenters. The van der Waals surface area contributed by atoms with Gasteiger partial charge in [0.15, 0.2) is 0 Å². The number of carbonyl (C=O) groups excluding carboxylic acids is 1. The van der Waals surface area contributed by atoms with Gasteiger partial charge in [-0.1, -0.05) is 30.3 Å². The first kappa shape index (κ1) is 20.6. The van der Waals surface area contributed by atoms with Gasteiger partial charge in [0.05, 0.1) is 0 Å². The topological polar surface area (TPSA) is 70.4 Å². The lowest BCUT2D eigenvalue weighted by Gasteiger charge is -2.38. The molecule has 2 aliphatic rings. The van der Waals surface area contributed by atoms with Crippen molar-refractivity contribution < 1.29 is 4.79 Å². The van der Waals surface area contributed by atoms with E-state index in [2.05, 4.69) is 60.0 Å². The second-order valence-electron chi connectivity index (χ2n) is 8.55. The van der Waals surface area contributed by atoms with Crippen LogP contribution in [-0.2, 0) is 11.3 Å². The Balaban J connectivity index is 1.12. The third kappa shape index (κ3) is 4.65. The van der Waals surface area contributed by atoms with Crippen LogP contribution in [-0.4, -0.2) is 74.5 Å². The molecule has 0 unspecified atom stereocenters. The van der Waals surface area contributed by atoms with Gasteiger partial charge in [0.25, 0.3) is 0 Å². The molecule has 166 valence electrons. The Morgan fingerprint density at radius 1 is 0.938 bits per heavy atom. The maximum atomic E-state index is 13.1. The Kier molecular flexibility index (Phi) is 6.11. The standard InChI is InChI=1S/C24H29N7O/c32-24(30-14-12-28(13-15-30)17-20-4-2-1-3-5-20)21-6-9-29(10-7-21)22-16-23(27-18-26-22)31-11-8-25-19-31/h1-5,8,11,16,18-19,21H,6-7,9-10,12-15,17H2. The van der Waals surface area contributed by atoms with Gasteiger partial charge in [-0.05, 0) is 18.4 Å². The first-order valence-corrected chi connectivity index (χ1v) is 11.4. The summed E-state index contributed by atoms with van der Waals surface area (Å²) in [6, 6.07) is 12.5. The number of piperazine rings is 1. The normalized spacial score (nSPS) is 18.1. The van der Waals surface area contributed by atoms with E-state index in [9.17, 15) is 4.79 Å². The predicted octanol–water partition coefficient (Wildman–Crippen LogP) is 2.22. The van der Waals surface area contributed by atoms with Crippen LogP contribution in [0, 0.1) is 5.92 Å². The highest BCUT2D eigenvalue weighted by molar-refractivity contribution is 5.79. The minimum atomic E-state index is 0.113. The lowest BCUT2D eigenvalue weighted by molar-refractivity contribution is -0.138. The molecule has 3 aromatic rings. The Morgan fingerprint density at radius 3 is 2.41 bits per heavy atom. The second kappa shape index (κ2) is 9.48. The number of nitrogens with zero attached hydrogens (tertiary/aromatic N) is 7. The van der Waals surface area contributed by atoms with Gasteiger partial charge in [-0.2, -0.15) is 0 Å². The second-order valence-corrected chi connectivity index (χ2v) is 8.55. The smallest absolute Gasteiger partial charge is 0.225 e. The van der Waals surface area contributed by atoms with Crippen LogP contribution < -0.4 is 4.90 Å². The van der Waals surface area contributed by atoms with Crippen LogP contribution >= 0.6 is 0 Å². The molecule has 5 rings (SSSR count). The molecule has 2 fully saturated rings. The van der Waals surface area contributed by atoms with Gasteiger partial charge >= 0.3 is 0 Å². The van der Waals surface area contributed by atoms with Gasteiger partial charge < -0.3 is 9.80 Å². The lowest BCUT2D eigenvalue weighted by Crippen LogP contribution is -2.51. The van der Waals surface area contributed by atoms with Crippen LogP contribution in [0.4, 0.5) is 5.82 Å². The predicted molar refractivity (Wildman–Crippen MR) is 122 cm³/mol. The van der Waals surface area contributed by atoms with Crippen LogP contribution in [0.25, 0.3) is 5.82 Å². The van der Waals surface area contributed by atoms with Gasteiger partial charge in [0, 0.05) is 70.2 Å². The molecule has 0 saturated carbocycles. The molecule has 8 heteroatoms. The zero-order valence-corrected chi connectivity index (χ0v) is 18.3. The van der Waals surface area contributed by atoms with Gasteiger partial charge in [-0.25, -0.2) is 15.0 Å². The summed E-state index contributed by atoms with van der Waals surface area (Å²) in [5.74, 6) is 2.15. The van der Waals surface area contributed by atoms with E-state index >= 15 is 0 Å². The summed E-state index contributed by atoms with van der Waals surface area (Å²) in [5, 5.41) is 0. The molecule has 32 heavy (non-hydrogen) atoms. The highest BCUT2D eigenvalue weighted by Crippen LogP contribution is 2.24. The summed E-state index contributed by atoms with van der Waals surface area (Å²) in [7, 11) is 0. The number of piperidine rings is 1. The highest BCUT2D eigenvalue weighted by Gasteiger charge is 2.30. The van der Waals surface area contributed by atoms with E-state index in [-0.39, 0.29) is 5.92 Å². The molecule has 0 spiro atoms. The summed E-state index contributed by atoms with van der Waals surface area (Å²) >= 11 is 0. The first-order chi connectivity index (χ1) is 15.8. The number of benzene rings is 1. The number of hydrogen-bond acceptors (Lipinski definition) is 6. The Hall–Kier alpha value is -3.26. The Labute approximate surface area is 188 Å². The summed E-state index contributed by atoms with van der Waals surface area (Å²) in [5.41, 5.74) is 1.33. The maximum Gasteiger partial charge on any atom is 0.225 e. The third-order valence-corrected chi connectivity index (χ3v) is 6.51. The number of anilines is 1. The van der Waals surface area contributed by atoms with E-state index < -0.39 is 0 Å². The zero-order chi connectivity index (χ0) is 21.8. The molecule has 0 N–H and O–H groups in total. The first-order valence-electron chi connectivity index (χ1n) is 11.4. The molecule has 2 aliphatic heterocycles. The fourth-order valence-corrected chi connectivity index (χ4v) is 4.63. The van der Waals surface area contributed by atoms with Gasteiger partial charge in [0.2, 0.25) is 5.91 Å². The maximum absolute atomic E-state index is 13.1. The largest absolute Gasteiger partial charge is 0.356 e. The molecule has 2 aromatic heterocycles. The van der Waals surface area contributed by atoms with E-state index in [1.165, 1.54) is 5.56 Å². The molecule has 2 saturated heterocycles. The van der Waals surface area contributed by atoms with Crippen molar-refractivity contribution in [1.29, 1.82) is 0 Å². The Morgan fingerprint density at radius 2 is 1.69 bits per heavy atom. The molecule has 0 radical (unpaired) electrons. The number of aromatic nitrogens is 4. The lowest BCUT2D eigenvalue weighted by atomic mass is 9.95. The minimum absolute atomic E-state index is 0.113. The average molecular weight is 432 g/mol. The zero-order valence-electron chi connectivity index (χ0n) is 18.3. The summed E-state index contributed by atoms with van der Waals surface area (Å²) in [4.78, 5) is 32.8. The van der Waals surface area contributed by atoms with Crippen LogP contribution in [0.3, 0.4) is 0 Å². The van der Waals surface area contributed by atoms with Crippen LogP contribution in [0.5, 0.6) is 0 Å². The number of rotatable bonds is 5. The number of carbonyl (C=O) groups is 1. The Bertz CT molecular complexity index is 1010. The van der Waals surface area contributed by atoms with E-state index in [1.807, 2.05) is 16.8 Å². The number of amides is 1. The van der Waals surface area contributed by atoms with Gasteiger partial charge in [-0.3, -0.25) is 14.3 Å². The van der Waals surface area contributed by atoms with E-state index in [0.717, 1.165) is 70.3 Å². The molecular weight excluding hydrogens is 402 g/mol. The molecule has 0 aliphatic carbocycles. The van der Waals surface area contributed by atoms with Crippen LogP contribution in [0.2, 0.25) is 0 Å². The van der Waals surface area contributed by atoms with Gasteiger partial charge in [0.1, 0.15) is 24.3 Å². The van der Waals surface area contributed by atoms with E-state index in [0.29, 0.717) is 5.91 Å². The number of hydrogen-bond donors (Lipinski definition) is 0. The van der Waals surface area contributed by atoms with Crippen molar-refractivity contribution in [3.63, 3.8) is 0 Å². The van der Waals surface area contributed by atoms with Crippen LogP contribution in [0.1, 0.15) is 18.4 Å². The molecule has 0 bridgehead atoms. The van der Waals surface area contributed by atoms with E-state index in [4.69, 9.17) is 0 Å². The van der Waals surface area contributed by atoms with Crippen molar-refractivity contribution in [3.05, 3.63) is 67.0 Å². The fraction of sp³-hybridized carbons (Fsp3) is 0.417. The highest BCUT2D eigenvalue weighted by atomic mass is 16.2. The van der Waals surface area contributed by atoms with Crippen molar-refractivity contribution in [3.8, 4) is 5.82 Å². The fourth-order valence-electron chi connectivity index (χ4n) is 4.63. The number of imidazole rings is 1.